The van der Waals surface area contributed by atoms with Crippen LogP contribution in [0.5, 0.6) is 0 Å². The lowest BCUT2D eigenvalue weighted by atomic mass is 10.0. The Hall–Kier alpha value is -0.380. The first-order chi connectivity index (χ1) is 7.56. The number of hydrogen-bond acceptors (Lipinski definition) is 2. The first-order valence-corrected chi connectivity index (χ1v) is 7.51. The quantitative estimate of drug-likeness (QED) is 0.392. The molecule has 0 saturated heterocycles. The minimum atomic E-state index is 0.428. The molecular weight excluding hydrogens is 218 g/mol. The molecule has 0 fully saturated rings. The molecule has 0 aliphatic heterocycles. The van der Waals surface area contributed by atoms with Crippen molar-refractivity contribution in [1.82, 2.24) is 5.32 Å². The van der Waals surface area contributed by atoms with Crippen molar-refractivity contribution in [3.8, 4) is 0 Å². The number of guanidine groups is 1. The van der Waals surface area contributed by atoms with Crippen LogP contribution in [0.25, 0.3) is 0 Å². The molecular formula is C12H27N3S. The van der Waals surface area contributed by atoms with E-state index in [2.05, 4.69) is 37.3 Å². The van der Waals surface area contributed by atoms with Crippen LogP contribution in [0.2, 0.25) is 0 Å². The zero-order valence-corrected chi connectivity index (χ0v) is 11.9. The molecule has 0 aromatic carbocycles. The lowest BCUT2D eigenvalue weighted by Crippen LogP contribution is -2.38. The molecule has 0 bridgehead atoms. The summed E-state index contributed by atoms with van der Waals surface area (Å²) >= 11 is 1.79. The maximum absolute atomic E-state index is 5.78. The van der Waals surface area contributed by atoms with E-state index in [0.717, 1.165) is 24.6 Å². The minimum absolute atomic E-state index is 0.428. The van der Waals surface area contributed by atoms with Crippen molar-refractivity contribution in [3.05, 3.63) is 0 Å². The molecule has 16 heavy (non-hydrogen) atoms. The smallest absolute Gasteiger partial charge is 0.188 e. The van der Waals surface area contributed by atoms with Crippen LogP contribution in [0.1, 0.15) is 40.0 Å². The lowest BCUT2D eigenvalue weighted by Gasteiger charge is -2.14. The van der Waals surface area contributed by atoms with Gasteiger partial charge in [-0.3, -0.25) is 4.99 Å². The van der Waals surface area contributed by atoms with Crippen molar-refractivity contribution in [2.75, 3.05) is 18.6 Å². The van der Waals surface area contributed by atoms with Crippen molar-refractivity contribution in [2.24, 2.45) is 16.6 Å². The van der Waals surface area contributed by atoms with Crippen molar-refractivity contribution in [1.29, 1.82) is 0 Å². The van der Waals surface area contributed by atoms with E-state index in [1.54, 1.807) is 11.8 Å². The fraction of sp³-hybridized carbons (Fsp3) is 0.917. The maximum Gasteiger partial charge on any atom is 0.188 e. The molecule has 0 heterocycles. The molecule has 0 aromatic rings. The van der Waals surface area contributed by atoms with Gasteiger partial charge in [-0.05, 0) is 25.5 Å². The van der Waals surface area contributed by atoms with E-state index in [1.165, 1.54) is 12.8 Å². The van der Waals surface area contributed by atoms with Crippen molar-refractivity contribution < 1.29 is 0 Å². The van der Waals surface area contributed by atoms with E-state index in [1.807, 2.05) is 0 Å². The van der Waals surface area contributed by atoms with Crippen LogP contribution in [0.3, 0.4) is 0 Å². The Morgan fingerprint density at radius 3 is 2.56 bits per heavy atom. The lowest BCUT2D eigenvalue weighted by molar-refractivity contribution is 0.493. The van der Waals surface area contributed by atoms with Gasteiger partial charge < -0.3 is 11.1 Å². The molecule has 3 N–H and O–H groups in total. The Bertz CT molecular complexity index is 193. The normalized spacial score (nSPS) is 14.2. The largest absolute Gasteiger partial charge is 0.370 e. The fourth-order valence-corrected chi connectivity index (χ4v) is 1.73. The van der Waals surface area contributed by atoms with Gasteiger partial charge in [-0.15, -0.1) is 0 Å². The molecule has 0 aliphatic rings. The summed E-state index contributed by atoms with van der Waals surface area (Å²) in [6.07, 6.45) is 5.78. The monoisotopic (exact) mass is 245 g/mol. The predicted molar refractivity (Wildman–Crippen MR) is 76.2 cm³/mol. The van der Waals surface area contributed by atoms with E-state index in [4.69, 9.17) is 5.73 Å². The Morgan fingerprint density at radius 2 is 2.00 bits per heavy atom. The highest BCUT2D eigenvalue weighted by Crippen LogP contribution is 2.07. The number of aliphatic imine (C=N–C) groups is 1. The standard InChI is InChI=1S/C12H27N3S/c1-10(2)6-5-7-11(3)15-12(13)14-8-9-16-4/h10-11H,5-9H2,1-4H3,(H3,13,14,15). The molecule has 0 rings (SSSR count). The average molecular weight is 245 g/mol. The molecule has 3 nitrogen and oxygen atoms in total. The summed E-state index contributed by atoms with van der Waals surface area (Å²) in [7, 11) is 0. The van der Waals surface area contributed by atoms with Crippen LogP contribution in [0.4, 0.5) is 0 Å². The van der Waals surface area contributed by atoms with E-state index in [-0.39, 0.29) is 0 Å². The Labute approximate surface area is 105 Å². The minimum Gasteiger partial charge on any atom is -0.370 e. The highest BCUT2D eigenvalue weighted by Gasteiger charge is 2.03. The molecule has 0 radical (unpaired) electrons. The number of hydrogen-bond donors (Lipinski definition) is 2. The Morgan fingerprint density at radius 1 is 1.31 bits per heavy atom. The third-order valence-corrected chi connectivity index (χ3v) is 2.98. The third-order valence-electron chi connectivity index (χ3n) is 2.39. The van der Waals surface area contributed by atoms with E-state index < -0.39 is 0 Å². The van der Waals surface area contributed by atoms with Gasteiger partial charge in [0.15, 0.2) is 5.96 Å². The number of nitrogens with one attached hydrogen (secondary N) is 1. The van der Waals surface area contributed by atoms with Gasteiger partial charge in [0.1, 0.15) is 0 Å². The first-order valence-electron chi connectivity index (χ1n) is 6.11. The van der Waals surface area contributed by atoms with E-state index in [9.17, 15) is 0 Å². The number of rotatable bonds is 8. The predicted octanol–water partition coefficient (Wildman–Crippen LogP) is 2.47. The Balaban J connectivity index is 3.60. The second kappa shape index (κ2) is 9.82. The second-order valence-electron chi connectivity index (χ2n) is 4.63. The van der Waals surface area contributed by atoms with Gasteiger partial charge in [0.25, 0.3) is 0 Å². The topological polar surface area (TPSA) is 50.4 Å². The summed E-state index contributed by atoms with van der Waals surface area (Å²) in [5, 5.41) is 3.23. The van der Waals surface area contributed by atoms with Gasteiger partial charge in [0, 0.05) is 11.8 Å². The molecule has 4 heteroatoms. The maximum atomic E-state index is 5.78. The van der Waals surface area contributed by atoms with Crippen LogP contribution in [-0.2, 0) is 0 Å². The molecule has 0 amide bonds. The third kappa shape index (κ3) is 10.1. The number of nitrogens with zero attached hydrogens (tertiary/aromatic N) is 1. The SMILES string of the molecule is CSCCN=C(N)NC(C)CCCC(C)C. The summed E-state index contributed by atoms with van der Waals surface area (Å²) in [5.41, 5.74) is 5.78. The Kier molecular flexibility index (Phi) is 9.59. The zero-order valence-electron chi connectivity index (χ0n) is 11.1. The molecule has 0 aliphatic carbocycles. The molecule has 0 saturated carbocycles. The van der Waals surface area contributed by atoms with E-state index in [0.29, 0.717) is 12.0 Å². The number of thioether (sulfide) groups is 1. The van der Waals surface area contributed by atoms with Gasteiger partial charge in [-0.25, -0.2) is 0 Å². The van der Waals surface area contributed by atoms with Crippen molar-refractivity contribution >= 4 is 17.7 Å². The van der Waals surface area contributed by atoms with Gasteiger partial charge in [0.05, 0.1) is 6.54 Å². The van der Waals surface area contributed by atoms with Gasteiger partial charge in [-0.2, -0.15) is 11.8 Å². The summed E-state index contributed by atoms with van der Waals surface area (Å²) < 4.78 is 0. The van der Waals surface area contributed by atoms with Crippen LogP contribution in [0.15, 0.2) is 4.99 Å². The van der Waals surface area contributed by atoms with Gasteiger partial charge >= 0.3 is 0 Å². The zero-order chi connectivity index (χ0) is 12.4. The van der Waals surface area contributed by atoms with Crippen molar-refractivity contribution in [2.45, 2.75) is 46.1 Å². The number of nitrogens with two attached hydrogens (primary N) is 1. The molecule has 1 atom stereocenters. The van der Waals surface area contributed by atoms with Crippen LogP contribution in [0, 0.1) is 5.92 Å². The fourth-order valence-electron chi connectivity index (χ4n) is 1.46. The molecule has 96 valence electrons. The first kappa shape index (κ1) is 15.6. The van der Waals surface area contributed by atoms with Crippen molar-refractivity contribution in [3.63, 3.8) is 0 Å². The molecule has 0 aromatic heterocycles. The van der Waals surface area contributed by atoms with Gasteiger partial charge in [-0.1, -0.05) is 26.7 Å². The highest BCUT2D eigenvalue weighted by molar-refractivity contribution is 7.98. The van der Waals surface area contributed by atoms with E-state index >= 15 is 0 Å². The second-order valence-corrected chi connectivity index (χ2v) is 5.62. The summed E-state index contributed by atoms with van der Waals surface area (Å²) in [6, 6.07) is 0.428. The molecule has 1 unspecified atom stereocenters. The van der Waals surface area contributed by atoms with Crippen LogP contribution >= 0.6 is 11.8 Å². The summed E-state index contributed by atoms with van der Waals surface area (Å²) in [4.78, 5) is 4.26. The van der Waals surface area contributed by atoms with Crippen LogP contribution in [-0.4, -0.2) is 30.6 Å². The average Bonchev–Trinajstić information content (AvgIpc) is 2.17. The van der Waals surface area contributed by atoms with Crippen LogP contribution < -0.4 is 11.1 Å². The van der Waals surface area contributed by atoms with Gasteiger partial charge in [0.2, 0.25) is 0 Å². The highest BCUT2D eigenvalue weighted by atomic mass is 32.2. The molecule has 0 spiro atoms. The summed E-state index contributed by atoms with van der Waals surface area (Å²) in [6.45, 7) is 7.49. The summed E-state index contributed by atoms with van der Waals surface area (Å²) in [5.74, 6) is 2.41.